The second-order valence-corrected chi connectivity index (χ2v) is 6.38. The van der Waals surface area contributed by atoms with E-state index in [1.165, 1.54) is 30.1 Å². The summed E-state index contributed by atoms with van der Waals surface area (Å²) in [5, 5.41) is 2.39. The van der Waals surface area contributed by atoms with Gasteiger partial charge in [0.25, 0.3) is 5.56 Å². The molecule has 0 fully saturated rings. The Labute approximate surface area is 168 Å². The number of halogens is 3. The van der Waals surface area contributed by atoms with Crippen molar-refractivity contribution in [3.8, 4) is 11.7 Å². The lowest BCUT2D eigenvalue weighted by molar-refractivity contribution is 0.0914. The predicted molar refractivity (Wildman–Crippen MR) is 101 cm³/mol. The molecule has 0 unspecified atom stereocenters. The maximum atomic E-state index is 13.7. The minimum Gasteiger partial charge on any atom is -0.471 e. The van der Waals surface area contributed by atoms with Crippen LogP contribution >= 0.6 is 11.6 Å². The van der Waals surface area contributed by atoms with Gasteiger partial charge in [-0.05, 0) is 26.1 Å². The zero-order valence-corrected chi connectivity index (χ0v) is 16.2. The van der Waals surface area contributed by atoms with E-state index in [1.807, 2.05) is 0 Å². The second kappa shape index (κ2) is 8.50. The number of ether oxygens (including phenoxy) is 1. The van der Waals surface area contributed by atoms with Crippen LogP contribution < -0.4 is 15.6 Å². The van der Waals surface area contributed by atoms with Crippen LogP contribution in [0.5, 0.6) is 5.88 Å². The molecule has 0 bridgehead atoms. The Bertz CT molecular complexity index is 1130. The van der Waals surface area contributed by atoms with Crippen molar-refractivity contribution in [1.29, 1.82) is 0 Å². The molecular weight excluding hydrogens is 408 g/mol. The molecule has 29 heavy (non-hydrogen) atoms. The lowest BCUT2D eigenvalue weighted by Crippen LogP contribution is -2.25. The largest absolute Gasteiger partial charge is 0.471 e. The molecule has 2 aromatic heterocycles. The van der Waals surface area contributed by atoms with E-state index in [-0.39, 0.29) is 47.2 Å². The van der Waals surface area contributed by atoms with E-state index < -0.39 is 17.2 Å². The molecule has 0 aliphatic carbocycles. The SMILES string of the molecule is CNCC(=O)n1cnc(-n2c(C)nc(OCc3ccc(F)cc3F)c(Cl)c2=O)c1. The highest BCUT2D eigenvalue weighted by Crippen LogP contribution is 2.21. The maximum absolute atomic E-state index is 13.7. The predicted octanol–water partition coefficient (Wildman–Crippen LogP) is 2.11. The van der Waals surface area contributed by atoms with Crippen LogP contribution in [0.15, 0.2) is 35.5 Å². The van der Waals surface area contributed by atoms with E-state index in [4.69, 9.17) is 16.3 Å². The number of carbonyl (C=O) groups excluding carboxylic acids is 1. The summed E-state index contributed by atoms with van der Waals surface area (Å²) < 4.78 is 34.4. The Hall–Kier alpha value is -3.11. The van der Waals surface area contributed by atoms with E-state index in [0.29, 0.717) is 0 Å². The molecule has 0 amide bonds. The number of aromatic nitrogens is 4. The first kappa shape index (κ1) is 20.6. The van der Waals surface area contributed by atoms with Gasteiger partial charge in [0.15, 0.2) is 10.8 Å². The molecule has 1 aromatic carbocycles. The van der Waals surface area contributed by atoms with E-state index >= 15 is 0 Å². The fraction of sp³-hybridized carbons (Fsp3) is 0.222. The van der Waals surface area contributed by atoms with Crippen molar-refractivity contribution in [1.82, 2.24) is 24.4 Å². The van der Waals surface area contributed by atoms with Crippen LogP contribution in [-0.4, -0.2) is 38.6 Å². The van der Waals surface area contributed by atoms with Gasteiger partial charge < -0.3 is 10.1 Å². The second-order valence-electron chi connectivity index (χ2n) is 6.01. The van der Waals surface area contributed by atoms with Gasteiger partial charge in [0.1, 0.15) is 30.4 Å². The lowest BCUT2D eigenvalue weighted by Gasteiger charge is -2.12. The minimum absolute atomic E-state index is 0.0767. The summed E-state index contributed by atoms with van der Waals surface area (Å²) in [5.74, 6) is -1.61. The van der Waals surface area contributed by atoms with Crippen molar-refractivity contribution >= 4 is 17.5 Å². The number of likely N-dealkylation sites (N-methyl/N-ethyl adjacent to an activating group) is 1. The fourth-order valence-electron chi connectivity index (χ4n) is 2.54. The van der Waals surface area contributed by atoms with E-state index in [9.17, 15) is 18.4 Å². The number of nitrogens with one attached hydrogen (secondary N) is 1. The summed E-state index contributed by atoms with van der Waals surface area (Å²) in [6, 6.07) is 3.04. The molecule has 0 atom stereocenters. The highest BCUT2D eigenvalue weighted by molar-refractivity contribution is 6.31. The molecule has 0 spiro atoms. The van der Waals surface area contributed by atoms with Crippen molar-refractivity contribution in [3.05, 3.63) is 69.1 Å². The number of aryl methyl sites for hydroxylation is 1. The van der Waals surface area contributed by atoms with Gasteiger partial charge >= 0.3 is 0 Å². The van der Waals surface area contributed by atoms with Crippen molar-refractivity contribution < 1.29 is 18.3 Å². The molecule has 3 aromatic rings. The third kappa shape index (κ3) is 4.33. The molecule has 152 valence electrons. The first-order valence-electron chi connectivity index (χ1n) is 8.40. The standard InChI is InChI=1S/C18H16ClF2N5O3/c1-10-24-17(29-8-11-3-4-12(20)5-13(11)21)16(19)18(28)26(10)14-7-25(9-23-14)15(27)6-22-2/h3-5,7,9,22H,6,8H2,1-2H3. The summed E-state index contributed by atoms with van der Waals surface area (Å²) in [6.07, 6.45) is 2.65. The minimum atomic E-state index is -0.789. The number of hydrogen-bond acceptors (Lipinski definition) is 6. The summed E-state index contributed by atoms with van der Waals surface area (Å²) >= 11 is 6.08. The smallest absolute Gasteiger partial charge is 0.282 e. The van der Waals surface area contributed by atoms with E-state index in [2.05, 4.69) is 15.3 Å². The quantitative estimate of drug-likeness (QED) is 0.653. The molecule has 3 rings (SSSR count). The maximum Gasteiger partial charge on any atom is 0.282 e. The first-order valence-corrected chi connectivity index (χ1v) is 8.77. The molecule has 11 heteroatoms. The lowest BCUT2D eigenvalue weighted by atomic mass is 10.2. The van der Waals surface area contributed by atoms with Gasteiger partial charge in [-0.2, -0.15) is 4.98 Å². The molecule has 0 saturated heterocycles. The number of hydrogen-bond donors (Lipinski definition) is 1. The third-order valence-corrected chi connectivity index (χ3v) is 4.28. The van der Waals surface area contributed by atoms with Crippen molar-refractivity contribution in [2.24, 2.45) is 0 Å². The highest BCUT2D eigenvalue weighted by atomic mass is 35.5. The van der Waals surface area contributed by atoms with Crippen LogP contribution in [0.25, 0.3) is 5.82 Å². The third-order valence-electron chi connectivity index (χ3n) is 3.96. The van der Waals surface area contributed by atoms with Crippen LogP contribution in [0.1, 0.15) is 16.2 Å². The van der Waals surface area contributed by atoms with Gasteiger partial charge in [-0.15, -0.1) is 0 Å². The number of rotatable bonds is 6. The molecular formula is C18H16ClF2N5O3. The number of carbonyl (C=O) groups is 1. The summed E-state index contributed by atoms with van der Waals surface area (Å²) in [5.41, 5.74) is -0.590. The van der Waals surface area contributed by atoms with Gasteiger partial charge in [0.05, 0.1) is 12.7 Å². The Balaban J connectivity index is 1.88. The topological polar surface area (TPSA) is 91.0 Å². The molecule has 2 heterocycles. The van der Waals surface area contributed by atoms with E-state index in [1.54, 1.807) is 7.05 Å². The van der Waals surface area contributed by atoms with Gasteiger partial charge in [0.2, 0.25) is 11.8 Å². The Morgan fingerprint density at radius 3 is 2.79 bits per heavy atom. The van der Waals surface area contributed by atoms with Crippen molar-refractivity contribution in [2.75, 3.05) is 13.6 Å². The average molecular weight is 424 g/mol. The zero-order chi connectivity index (χ0) is 21.1. The molecule has 1 N–H and O–H groups in total. The number of nitrogens with zero attached hydrogens (tertiary/aromatic N) is 4. The number of imidazole rings is 1. The first-order chi connectivity index (χ1) is 13.8. The van der Waals surface area contributed by atoms with Gasteiger partial charge in [0, 0.05) is 11.6 Å². The molecule has 0 aliphatic rings. The van der Waals surface area contributed by atoms with Crippen LogP contribution in [0.3, 0.4) is 0 Å². The monoisotopic (exact) mass is 423 g/mol. The highest BCUT2D eigenvalue weighted by Gasteiger charge is 2.18. The molecule has 0 aliphatic heterocycles. The summed E-state index contributed by atoms with van der Waals surface area (Å²) in [7, 11) is 1.63. The van der Waals surface area contributed by atoms with Crippen LogP contribution in [-0.2, 0) is 6.61 Å². The van der Waals surface area contributed by atoms with Crippen LogP contribution in [0.2, 0.25) is 5.02 Å². The van der Waals surface area contributed by atoms with Crippen LogP contribution in [0.4, 0.5) is 8.78 Å². The Morgan fingerprint density at radius 1 is 1.34 bits per heavy atom. The summed E-state index contributed by atoms with van der Waals surface area (Å²) in [6.45, 7) is 1.32. The van der Waals surface area contributed by atoms with Gasteiger partial charge in [-0.25, -0.2) is 18.3 Å². The van der Waals surface area contributed by atoms with Crippen molar-refractivity contribution in [3.63, 3.8) is 0 Å². The molecule has 0 radical (unpaired) electrons. The molecule has 8 nitrogen and oxygen atoms in total. The normalized spacial score (nSPS) is 10.9. The Kier molecular flexibility index (Phi) is 6.04. The van der Waals surface area contributed by atoms with Gasteiger partial charge in [-0.3, -0.25) is 14.2 Å². The summed E-state index contributed by atoms with van der Waals surface area (Å²) in [4.78, 5) is 32.8. The average Bonchev–Trinajstić information content (AvgIpc) is 3.15. The van der Waals surface area contributed by atoms with Crippen LogP contribution in [0, 0.1) is 18.6 Å². The van der Waals surface area contributed by atoms with Gasteiger partial charge in [-0.1, -0.05) is 11.6 Å². The zero-order valence-electron chi connectivity index (χ0n) is 15.4. The Morgan fingerprint density at radius 2 is 2.10 bits per heavy atom. The number of benzene rings is 1. The fourth-order valence-corrected chi connectivity index (χ4v) is 2.72. The van der Waals surface area contributed by atoms with Crippen molar-refractivity contribution in [2.45, 2.75) is 13.5 Å². The molecule has 0 saturated carbocycles. The van der Waals surface area contributed by atoms with E-state index in [0.717, 1.165) is 16.7 Å².